The van der Waals surface area contributed by atoms with Crippen LogP contribution in [-0.4, -0.2) is 29.2 Å². The van der Waals surface area contributed by atoms with Gasteiger partial charge in [-0.15, -0.1) is 10.2 Å². The molecule has 0 spiro atoms. The molecule has 25 heavy (non-hydrogen) atoms. The Labute approximate surface area is 142 Å². The van der Waals surface area contributed by atoms with Gasteiger partial charge in [-0.05, 0) is 43.0 Å². The van der Waals surface area contributed by atoms with E-state index < -0.39 is 29.0 Å². The van der Waals surface area contributed by atoms with E-state index in [0.717, 1.165) is 38.1 Å². The highest BCUT2D eigenvalue weighted by Crippen LogP contribution is 2.22. The van der Waals surface area contributed by atoms with Crippen molar-refractivity contribution in [1.29, 1.82) is 0 Å². The summed E-state index contributed by atoms with van der Waals surface area (Å²) in [5.74, 6) is -3.83. The van der Waals surface area contributed by atoms with Crippen molar-refractivity contribution in [2.75, 3.05) is 23.3 Å². The quantitative estimate of drug-likeness (QED) is 0.862. The molecule has 1 amide bonds. The van der Waals surface area contributed by atoms with E-state index in [4.69, 9.17) is 0 Å². The van der Waals surface area contributed by atoms with E-state index >= 15 is 0 Å². The molecular formula is C17H17F3N4O. The van der Waals surface area contributed by atoms with Gasteiger partial charge in [-0.1, -0.05) is 6.92 Å². The molecule has 1 fully saturated rings. The molecule has 0 saturated carbocycles. The Morgan fingerprint density at radius 2 is 1.80 bits per heavy atom. The lowest BCUT2D eigenvalue weighted by atomic mass is 9.99. The van der Waals surface area contributed by atoms with Gasteiger partial charge in [0.15, 0.2) is 29.0 Å². The predicted molar refractivity (Wildman–Crippen MR) is 86.9 cm³/mol. The Bertz CT molecular complexity index is 774. The Morgan fingerprint density at radius 1 is 1.08 bits per heavy atom. The molecule has 0 radical (unpaired) electrons. The molecule has 8 heteroatoms. The first-order valence-electron chi connectivity index (χ1n) is 7.99. The molecule has 2 heterocycles. The van der Waals surface area contributed by atoms with Crippen molar-refractivity contribution in [3.63, 3.8) is 0 Å². The van der Waals surface area contributed by atoms with Crippen molar-refractivity contribution in [3.8, 4) is 0 Å². The van der Waals surface area contributed by atoms with Gasteiger partial charge >= 0.3 is 0 Å². The number of halogens is 3. The van der Waals surface area contributed by atoms with E-state index in [0.29, 0.717) is 11.7 Å². The lowest BCUT2D eigenvalue weighted by Crippen LogP contribution is -2.33. The Balaban J connectivity index is 1.70. The minimum Gasteiger partial charge on any atom is -0.355 e. The van der Waals surface area contributed by atoms with Gasteiger partial charge in [0.1, 0.15) is 0 Å². The van der Waals surface area contributed by atoms with E-state index in [1.165, 1.54) is 6.07 Å². The highest BCUT2D eigenvalue weighted by molar-refractivity contribution is 6.02. The SMILES string of the molecule is CC1CCN(c2ccc(C(=O)Nc3ccc(F)c(F)c3F)nn2)CC1. The molecule has 0 unspecified atom stereocenters. The number of anilines is 2. The number of rotatable bonds is 3. The molecule has 1 aliphatic rings. The average molecular weight is 350 g/mol. The van der Waals surface area contributed by atoms with Crippen LogP contribution < -0.4 is 10.2 Å². The van der Waals surface area contributed by atoms with Gasteiger partial charge < -0.3 is 10.2 Å². The molecule has 1 aromatic carbocycles. The molecule has 1 N–H and O–H groups in total. The van der Waals surface area contributed by atoms with Gasteiger partial charge in [0.2, 0.25) is 0 Å². The smallest absolute Gasteiger partial charge is 0.276 e. The molecule has 1 aliphatic heterocycles. The molecule has 2 aromatic rings. The van der Waals surface area contributed by atoms with Gasteiger partial charge in [-0.3, -0.25) is 4.79 Å². The van der Waals surface area contributed by atoms with Crippen molar-refractivity contribution >= 4 is 17.4 Å². The van der Waals surface area contributed by atoms with Crippen LogP contribution in [0.3, 0.4) is 0 Å². The van der Waals surface area contributed by atoms with E-state index in [2.05, 4.69) is 27.3 Å². The zero-order valence-corrected chi connectivity index (χ0v) is 13.6. The fourth-order valence-corrected chi connectivity index (χ4v) is 2.66. The maximum Gasteiger partial charge on any atom is 0.276 e. The fourth-order valence-electron chi connectivity index (χ4n) is 2.66. The number of hydrogen-bond donors (Lipinski definition) is 1. The average Bonchev–Trinajstić information content (AvgIpc) is 2.63. The highest BCUT2D eigenvalue weighted by atomic mass is 19.2. The monoisotopic (exact) mass is 350 g/mol. The van der Waals surface area contributed by atoms with Gasteiger partial charge in [0, 0.05) is 13.1 Å². The molecular weight excluding hydrogens is 333 g/mol. The van der Waals surface area contributed by atoms with E-state index in [1.54, 1.807) is 6.07 Å². The maximum atomic E-state index is 13.6. The van der Waals surface area contributed by atoms with Crippen molar-refractivity contribution in [2.24, 2.45) is 5.92 Å². The summed E-state index contributed by atoms with van der Waals surface area (Å²) in [5, 5.41) is 10.0. The van der Waals surface area contributed by atoms with Gasteiger partial charge in [0.05, 0.1) is 5.69 Å². The van der Waals surface area contributed by atoms with Gasteiger partial charge in [0.25, 0.3) is 5.91 Å². The minimum absolute atomic E-state index is 0.0433. The first-order valence-corrected chi connectivity index (χ1v) is 7.99. The Morgan fingerprint density at radius 3 is 2.44 bits per heavy atom. The summed E-state index contributed by atoms with van der Waals surface area (Å²) < 4.78 is 39.7. The zero-order chi connectivity index (χ0) is 18.0. The third-order valence-corrected chi connectivity index (χ3v) is 4.27. The topological polar surface area (TPSA) is 58.1 Å². The van der Waals surface area contributed by atoms with Crippen LogP contribution in [-0.2, 0) is 0 Å². The normalized spacial score (nSPS) is 15.3. The number of carbonyl (C=O) groups is 1. The van der Waals surface area contributed by atoms with Crippen molar-refractivity contribution in [3.05, 3.63) is 47.4 Å². The second kappa shape index (κ2) is 7.08. The fraction of sp³-hybridized carbons (Fsp3) is 0.353. The van der Waals surface area contributed by atoms with Crippen LogP contribution in [0.2, 0.25) is 0 Å². The number of aromatic nitrogens is 2. The van der Waals surface area contributed by atoms with Crippen LogP contribution >= 0.6 is 0 Å². The third kappa shape index (κ3) is 3.72. The number of piperidine rings is 1. The summed E-state index contributed by atoms with van der Waals surface area (Å²) in [6.45, 7) is 3.96. The molecule has 0 bridgehead atoms. The Kier molecular flexibility index (Phi) is 4.87. The van der Waals surface area contributed by atoms with Crippen LogP contribution in [0.25, 0.3) is 0 Å². The number of nitrogens with one attached hydrogen (secondary N) is 1. The summed E-state index contributed by atoms with van der Waals surface area (Å²) in [6, 6.07) is 4.81. The minimum atomic E-state index is -1.64. The number of benzene rings is 1. The molecule has 132 valence electrons. The molecule has 3 rings (SSSR count). The van der Waals surface area contributed by atoms with E-state index in [1.807, 2.05) is 0 Å². The van der Waals surface area contributed by atoms with Crippen LogP contribution in [0.15, 0.2) is 24.3 Å². The summed E-state index contributed by atoms with van der Waals surface area (Å²) in [5.41, 5.74) is -0.502. The lowest BCUT2D eigenvalue weighted by Gasteiger charge is -2.30. The van der Waals surface area contributed by atoms with Crippen LogP contribution in [0, 0.1) is 23.4 Å². The highest BCUT2D eigenvalue weighted by Gasteiger charge is 2.19. The van der Waals surface area contributed by atoms with Crippen molar-refractivity contribution < 1.29 is 18.0 Å². The zero-order valence-electron chi connectivity index (χ0n) is 13.6. The third-order valence-electron chi connectivity index (χ3n) is 4.27. The molecule has 5 nitrogen and oxygen atoms in total. The lowest BCUT2D eigenvalue weighted by molar-refractivity contribution is 0.102. The summed E-state index contributed by atoms with van der Waals surface area (Å²) in [6.07, 6.45) is 2.14. The van der Waals surface area contributed by atoms with Gasteiger partial charge in [-0.2, -0.15) is 0 Å². The number of amides is 1. The van der Waals surface area contributed by atoms with Crippen LogP contribution in [0.4, 0.5) is 24.7 Å². The number of hydrogen-bond acceptors (Lipinski definition) is 4. The van der Waals surface area contributed by atoms with Crippen LogP contribution in [0.1, 0.15) is 30.3 Å². The molecule has 1 saturated heterocycles. The second-order valence-electron chi connectivity index (χ2n) is 6.12. The van der Waals surface area contributed by atoms with Gasteiger partial charge in [-0.25, -0.2) is 13.2 Å². The predicted octanol–water partition coefficient (Wildman–Crippen LogP) is 3.38. The maximum absolute atomic E-state index is 13.6. The molecule has 0 aliphatic carbocycles. The first kappa shape index (κ1) is 17.2. The summed E-state index contributed by atoms with van der Waals surface area (Å²) in [7, 11) is 0. The first-order chi connectivity index (χ1) is 12.0. The second-order valence-corrected chi connectivity index (χ2v) is 6.12. The Hall–Kier alpha value is -2.64. The van der Waals surface area contributed by atoms with Crippen molar-refractivity contribution in [1.82, 2.24) is 10.2 Å². The molecule has 1 aromatic heterocycles. The summed E-state index contributed by atoms with van der Waals surface area (Å²) >= 11 is 0. The number of nitrogens with zero attached hydrogens (tertiary/aromatic N) is 3. The van der Waals surface area contributed by atoms with Crippen molar-refractivity contribution in [2.45, 2.75) is 19.8 Å². The number of carbonyl (C=O) groups excluding carboxylic acids is 1. The summed E-state index contributed by atoms with van der Waals surface area (Å²) in [4.78, 5) is 14.2. The standard InChI is InChI=1S/C17H17F3N4O/c1-10-6-8-24(9-7-10)14-5-4-13(22-23-14)17(25)21-12-3-2-11(18)15(19)16(12)20/h2-5,10H,6-9H2,1H3,(H,21,25). The van der Waals surface area contributed by atoms with E-state index in [9.17, 15) is 18.0 Å². The van der Waals surface area contributed by atoms with Crippen LogP contribution in [0.5, 0.6) is 0 Å². The van der Waals surface area contributed by atoms with E-state index in [-0.39, 0.29) is 5.69 Å². The molecule has 0 atom stereocenters. The largest absolute Gasteiger partial charge is 0.355 e.